The number of nitrogens with zero attached hydrogens (tertiary/aromatic N) is 2. The maximum absolute atomic E-state index is 12.2. The second kappa shape index (κ2) is 8.38. The minimum Gasteiger partial charge on any atom is -0.487 e. The van der Waals surface area contributed by atoms with Crippen LogP contribution in [0, 0.1) is 0 Å². The van der Waals surface area contributed by atoms with Crippen LogP contribution in [0.25, 0.3) is 0 Å². The van der Waals surface area contributed by atoms with E-state index in [-0.39, 0.29) is 5.91 Å². The average Bonchev–Trinajstić information content (AvgIpc) is 3.23. The van der Waals surface area contributed by atoms with Crippen LogP contribution >= 0.6 is 34.5 Å². The van der Waals surface area contributed by atoms with Crippen molar-refractivity contribution in [2.24, 2.45) is 0 Å². The minimum atomic E-state index is -0.118. The van der Waals surface area contributed by atoms with Gasteiger partial charge in [-0.25, -0.2) is 0 Å². The summed E-state index contributed by atoms with van der Waals surface area (Å²) in [6, 6.07) is 9.11. The second-order valence-corrected chi connectivity index (χ2v) is 6.97. The molecule has 3 aromatic rings. The Labute approximate surface area is 159 Å². The molecular formula is C17H15Cl2N3O2S. The summed E-state index contributed by atoms with van der Waals surface area (Å²) in [6.45, 7) is 1.39. The Morgan fingerprint density at radius 1 is 1.32 bits per heavy atom. The Balaban J connectivity index is 1.48. The Morgan fingerprint density at radius 3 is 2.92 bits per heavy atom. The van der Waals surface area contributed by atoms with Gasteiger partial charge in [0.1, 0.15) is 12.4 Å². The van der Waals surface area contributed by atoms with E-state index in [4.69, 9.17) is 27.9 Å². The first-order chi connectivity index (χ1) is 12.1. The summed E-state index contributed by atoms with van der Waals surface area (Å²) in [5.41, 5.74) is 0.925. The Morgan fingerprint density at radius 2 is 2.16 bits per heavy atom. The van der Waals surface area contributed by atoms with Gasteiger partial charge in [-0.1, -0.05) is 35.3 Å². The van der Waals surface area contributed by atoms with Crippen molar-refractivity contribution in [3.63, 3.8) is 0 Å². The summed E-state index contributed by atoms with van der Waals surface area (Å²) in [5.74, 6) is 0.506. The molecule has 0 fully saturated rings. The van der Waals surface area contributed by atoms with E-state index < -0.39 is 0 Å². The monoisotopic (exact) mass is 395 g/mol. The van der Waals surface area contributed by atoms with Crippen molar-refractivity contribution >= 4 is 40.4 Å². The van der Waals surface area contributed by atoms with Crippen molar-refractivity contribution in [1.29, 1.82) is 0 Å². The number of hydrogen-bond donors (Lipinski definition) is 1. The molecule has 130 valence electrons. The third kappa shape index (κ3) is 4.98. The molecular weight excluding hydrogens is 381 g/mol. The fraction of sp³-hybridized carbons (Fsp3) is 0.176. The molecule has 1 aromatic carbocycles. The van der Waals surface area contributed by atoms with Gasteiger partial charge in [-0.05, 0) is 23.6 Å². The van der Waals surface area contributed by atoms with Crippen LogP contribution in [0.2, 0.25) is 10.0 Å². The molecule has 5 nitrogen and oxygen atoms in total. The van der Waals surface area contributed by atoms with Gasteiger partial charge >= 0.3 is 0 Å². The Bertz CT molecular complexity index is 863. The first-order valence-electron chi connectivity index (χ1n) is 7.53. The first-order valence-corrected chi connectivity index (χ1v) is 9.16. The SMILES string of the molecule is O=C(NCCn1cc(Cl)cn1)c1cc(COc2ccccc2Cl)cs1. The van der Waals surface area contributed by atoms with Crippen molar-refractivity contribution in [2.45, 2.75) is 13.2 Å². The maximum Gasteiger partial charge on any atom is 0.261 e. The number of aromatic nitrogens is 2. The molecule has 0 saturated carbocycles. The van der Waals surface area contributed by atoms with Gasteiger partial charge in [-0.3, -0.25) is 9.48 Å². The van der Waals surface area contributed by atoms with Gasteiger partial charge in [0.15, 0.2) is 0 Å². The molecule has 2 heterocycles. The van der Waals surface area contributed by atoms with Crippen molar-refractivity contribution in [3.05, 3.63) is 68.6 Å². The molecule has 0 radical (unpaired) electrons. The zero-order chi connectivity index (χ0) is 17.6. The van der Waals surface area contributed by atoms with Gasteiger partial charge in [0.2, 0.25) is 0 Å². The lowest BCUT2D eigenvalue weighted by atomic mass is 10.3. The fourth-order valence-corrected chi connectivity index (χ4v) is 3.28. The molecule has 0 aliphatic carbocycles. The third-order valence-electron chi connectivity index (χ3n) is 3.34. The molecule has 2 aromatic heterocycles. The first kappa shape index (κ1) is 17.8. The van der Waals surface area contributed by atoms with Gasteiger partial charge in [0.25, 0.3) is 5.91 Å². The van der Waals surface area contributed by atoms with Crippen LogP contribution in [0.3, 0.4) is 0 Å². The van der Waals surface area contributed by atoms with Crippen LogP contribution in [-0.2, 0) is 13.2 Å². The lowest BCUT2D eigenvalue weighted by molar-refractivity contribution is 0.0956. The van der Waals surface area contributed by atoms with Gasteiger partial charge in [0.05, 0.1) is 27.7 Å². The highest BCUT2D eigenvalue weighted by molar-refractivity contribution is 7.12. The molecule has 0 bridgehead atoms. The summed E-state index contributed by atoms with van der Waals surface area (Å²) in [4.78, 5) is 12.8. The largest absolute Gasteiger partial charge is 0.487 e. The number of thiophene rings is 1. The molecule has 0 atom stereocenters. The summed E-state index contributed by atoms with van der Waals surface area (Å²) in [7, 11) is 0. The van der Waals surface area contributed by atoms with Crippen molar-refractivity contribution < 1.29 is 9.53 Å². The standard InChI is InChI=1S/C17H15Cl2N3O2S/c18-13-8-21-22(9-13)6-5-20-17(23)16-7-12(11-25-16)10-24-15-4-2-1-3-14(15)19/h1-4,7-9,11H,5-6,10H2,(H,20,23). The molecule has 1 N–H and O–H groups in total. The van der Waals surface area contributed by atoms with E-state index in [1.807, 2.05) is 29.6 Å². The van der Waals surface area contributed by atoms with Crippen LogP contribution in [-0.4, -0.2) is 22.2 Å². The quantitative estimate of drug-likeness (QED) is 0.649. The molecule has 0 aliphatic heterocycles. The lowest BCUT2D eigenvalue weighted by Gasteiger charge is -2.06. The van der Waals surface area contributed by atoms with Crippen molar-refractivity contribution in [1.82, 2.24) is 15.1 Å². The average molecular weight is 396 g/mol. The van der Waals surface area contributed by atoms with E-state index in [1.54, 1.807) is 23.1 Å². The highest BCUT2D eigenvalue weighted by atomic mass is 35.5. The number of para-hydroxylation sites is 1. The molecule has 0 unspecified atom stereocenters. The highest BCUT2D eigenvalue weighted by Gasteiger charge is 2.10. The molecule has 0 spiro atoms. The van der Waals surface area contributed by atoms with Crippen molar-refractivity contribution in [2.75, 3.05) is 6.54 Å². The van der Waals surface area contributed by atoms with E-state index in [0.29, 0.717) is 40.4 Å². The molecule has 1 amide bonds. The number of carbonyl (C=O) groups is 1. The summed E-state index contributed by atoms with van der Waals surface area (Å²) < 4.78 is 7.36. The molecule has 3 rings (SSSR count). The van der Waals surface area contributed by atoms with E-state index in [0.717, 1.165) is 5.56 Å². The molecule has 0 saturated heterocycles. The maximum atomic E-state index is 12.2. The number of ether oxygens (including phenoxy) is 1. The van der Waals surface area contributed by atoms with Crippen LogP contribution in [0.15, 0.2) is 48.1 Å². The topological polar surface area (TPSA) is 56.2 Å². The lowest BCUT2D eigenvalue weighted by Crippen LogP contribution is -2.26. The summed E-state index contributed by atoms with van der Waals surface area (Å²) in [5, 5.41) is 9.96. The van der Waals surface area contributed by atoms with Crippen LogP contribution < -0.4 is 10.1 Å². The number of amides is 1. The van der Waals surface area contributed by atoms with Crippen molar-refractivity contribution in [3.8, 4) is 5.75 Å². The predicted molar refractivity (Wildman–Crippen MR) is 99.7 cm³/mol. The number of nitrogens with one attached hydrogen (secondary N) is 1. The zero-order valence-electron chi connectivity index (χ0n) is 13.1. The van der Waals surface area contributed by atoms with Gasteiger partial charge in [0, 0.05) is 18.3 Å². The van der Waals surface area contributed by atoms with Gasteiger partial charge < -0.3 is 10.1 Å². The van der Waals surface area contributed by atoms with Gasteiger partial charge in [-0.15, -0.1) is 11.3 Å². The number of rotatable bonds is 7. The number of halogens is 2. The van der Waals surface area contributed by atoms with E-state index in [9.17, 15) is 4.79 Å². The summed E-state index contributed by atoms with van der Waals surface area (Å²) >= 11 is 13.2. The van der Waals surface area contributed by atoms with Crippen LogP contribution in [0.5, 0.6) is 5.75 Å². The number of hydrogen-bond acceptors (Lipinski definition) is 4. The predicted octanol–water partition coefficient (Wildman–Crippen LogP) is 4.26. The van der Waals surface area contributed by atoms with Crippen LogP contribution in [0.1, 0.15) is 15.2 Å². The number of benzene rings is 1. The van der Waals surface area contributed by atoms with E-state index >= 15 is 0 Å². The Hall–Kier alpha value is -2.02. The van der Waals surface area contributed by atoms with Gasteiger partial charge in [-0.2, -0.15) is 5.10 Å². The normalized spacial score (nSPS) is 10.6. The minimum absolute atomic E-state index is 0.118. The molecule has 25 heavy (non-hydrogen) atoms. The fourth-order valence-electron chi connectivity index (χ4n) is 2.12. The number of carbonyl (C=O) groups excluding carboxylic acids is 1. The van der Waals surface area contributed by atoms with E-state index in [1.165, 1.54) is 11.3 Å². The highest BCUT2D eigenvalue weighted by Crippen LogP contribution is 2.25. The zero-order valence-corrected chi connectivity index (χ0v) is 15.4. The second-order valence-electron chi connectivity index (χ2n) is 5.22. The molecule has 8 heteroatoms. The third-order valence-corrected chi connectivity index (χ3v) is 4.82. The molecule has 0 aliphatic rings. The van der Waals surface area contributed by atoms with Crippen LogP contribution in [0.4, 0.5) is 0 Å². The van der Waals surface area contributed by atoms with E-state index in [2.05, 4.69) is 10.4 Å². The Kier molecular flexibility index (Phi) is 5.96. The summed E-state index contributed by atoms with van der Waals surface area (Å²) in [6.07, 6.45) is 3.27. The smallest absolute Gasteiger partial charge is 0.261 e.